The minimum absolute atomic E-state index is 0.109. The van der Waals surface area contributed by atoms with E-state index < -0.39 is 11.7 Å². The maximum Gasteiger partial charge on any atom is 0.418 e. The number of anilines is 2. The van der Waals surface area contributed by atoms with E-state index in [0.717, 1.165) is 11.8 Å². The molecular formula is C16H16ClF3N2. The lowest BCUT2D eigenvalue weighted by Crippen LogP contribution is -2.13. The minimum atomic E-state index is -4.34. The second kappa shape index (κ2) is 7.40. The van der Waals surface area contributed by atoms with Crippen molar-refractivity contribution >= 4 is 23.0 Å². The van der Waals surface area contributed by atoms with Gasteiger partial charge in [-0.2, -0.15) is 13.2 Å². The molecule has 0 atom stereocenters. The average Bonchev–Trinajstić information content (AvgIpc) is 2.46. The number of alkyl halides is 3. The standard InChI is InChI=1S/C16H16ClF3N2/c17-12-5-3-6-13(11-12)21-9-4-10-22-15-8-2-1-7-14(15)16(18,19)20/h1-3,5-8,11,21-22H,4,9-10H2. The summed E-state index contributed by atoms with van der Waals surface area (Å²) in [4.78, 5) is 0. The second-order valence-electron chi connectivity index (χ2n) is 4.76. The van der Waals surface area contributed by atoms with Gasteiger partial charge in [0.25, 0.3) is 0 Å². The van der Waals surface area contributed by atoms with E-state index in [-0.39, 0.29) is 5.69 Å². The lowest BCUT2D eigenvalue weighted by atomic mass is 10.1. The van der Waals surface area contributed by atoms with Gasteiger partial charge in [0.1, 0.15) is 0 Å². The monoisotopic (exact) mass is 328 g/mol. The summed E-state index contributed by atoms with van der Waals surface area (Å²) >= 11 is 5.87. The number of halogens is 4. The van der Waals surface area contributed by atoms with Gasteiger partial charge < -0.3 is 10.6 Å². The van der Waals surface area contributed by atoms with Crippen LogP contribution in [0, 0.1) is 0 Å². The molecule has 0 aromatic heterocycles. The molecule has 6 heteroatoms. The van der Waals surface area contributed by atoms with Gasteiger partial charge in [0, 0.05) is 29.5 Å². The van der Waals surface area contributed by atoms with Crippen LogP contribution in [0.4, 0.5) is 24.5 Å². The van der Waals surface area contributed by atoms with Crippen molar-refractivity contribution < 1.29 is 13.2 Å². The summed E-state index contributed by atoms with van der Waals surface area (Å²) in [6, 6.07) is 12.8. The Labute approximate surface area is 132 Å². The molecule has 2 aromatic rings. The molecule has 22 heavy (non-hydrogen) atoms. The van der Waals surface area contributed by atoms with E-state index in [0.29, 0.717) is 24.5 Å². The average molecular weight is 329 g/mol. The third-order valence-electron chi connectivity index (χ3n) is 3.06. The van der Waals surface area contributed by atoms with Gasteiger partial charge in [0.15, 0.2) is 0 Å². The summed E-state index contributed by atoms with van der Waals surface area (Å²) in [6.07, 6.45) is -3.67. The first-order valence-electron chi connectivity index (χ1n) is 6.86. The van der Waals surface area contributed by atoms with E-state index in [1.165, 1.54) is 12.1 Å². The summed E-state index contributed by atoms with van der Waals surface area (Å²) in [5.74, 6) is 0. The van der Waals surface area contributed by atoms with Crippen LogP contribution in [-0.2, 0) is 6.18 Å². The summed E-state index contributed by atoms with van der Waals surface area (Å²) in [5.41, 5.74) is 0.360. The SMILES string of the molecule is FC(F)(F)c1ccccc1NCCCNc1cccc(Cl)c1. The largest absolute Gasteiger partial charge is 0.418 e. The second-order valence-corrected chi connectivity index (χ2v) is 5.20. The number of nitrogens with one attached hydrogen (secondary N) is 2. The Bertz CT molecular complexity index is 614. The Hall–Kier alpha value is -1.88. The molecule has 0 heterocycles. The van der Waals surface area contributed by atoms with Crippen molar-refractivity contribution in [2.75, 3.05) is 23.7 Å². The van der Waals surface area contributed by atoms with Gasteiger partial charge in [0.2, 0.25) is 0 Å². The van der Waals surface area contributed by atoms with Crippen molar-refractivity contribution in [1.82, 2.24) is 0 Å². The molecule has 0 radical (unpaired) electrons. The first kappa shape index (κ1) is 16.5. The minimum Gasteiger partial charge on any atom is -0.385 e. The molecule has 0 saturated carbocycles. The molecule has 0 amide bonds. The van der Waals surface area contributed by atoms with E-state index in [1.807, 2.05) is 12.1 Å². The lowest BCUT2D eigenvalue weighted by Gasteiger charge is -2.14. The highest BCUT2D eigenvalue weighted by Gasteiger charge is 2.32. The highest BCUT2D eigenvalue weighted by molar-refractivity contribution is 6.30. The molecule has 2 aromatic carbocycles. The number of rotatable bonds is 6. The summed E-state index contributed by atoms with van der Waals surface area (Å²) in [5, 5.41) is 6.64. The van der Waals surface area contributed by atoms with E-state index >= 15 is 0 Å². The predicted octanol–water partition coefficient (Wildman–Crippen LogP) is 5.27. The van der Waals surface area contributed by atoms with Crippen LogP contribution < -0.4 is 10.6 Å². The predicted molar refractivity (Wildman–Crippen MR) is 84.5 cm³/mol. The fourth-order valence-corrected chi connectivity index (χ4v) is 2.22. The van der Waals surface area contributed by atoms with E-state index in [2.05, 4.69) is 10.6 Å². The number of benzene rings is 2. The van der Waals surface area contributed by atoms with Crippen LogP contribution in [0.2, 0.25) is 5.02 Å². The van der Waals surface area contributed by atoms with Crippen LogP contribution in [0.25, 0.3) is 0 Å². The van der Waals surface area contributed by atoms with Crippen LogP contribution >= 0.6 is 11.6 Å². The molecular weight excluding hydrogens is 313 g/mol. The fraction of sp³-hybridized carbons (Fsp3) is 0.250. The highest BCUT2D eigenvalue weighted by Crippen LogP contribution is 2.34. The third-order valence-corrected chi connectivity index (χ3v) is 3.29. The van der Waals surface area contributed by atoms with Crippen molar-refractivity contribution in [2.24, 2.45) is 0 Å². The summed E-state index contributed by atoms with van der Waals surface area (Å²) < 4.78 is 38.5. The maximum absolute atomic E-state index is 12.8. The molecule has 2 N–H and O–H groups in total. The Balaban J connectivity index is 1.80. The number of para-hydroxylation sites is 1. The first-order valence-corrected chi connectivity index (χ1v) is 7.24. The van der Waals surface area contributed by atoms with Crippen molar-refractivity contribution in [3.63, 3.8) is 0 Å². The Morgan fingerprint density at radius 1 is 0.909 bits per heavy atom. The van der Waals surface area contributed by atoms with Crippen LogP contribution in [0.1, 0.15) is 12.0 Å². The van der Waals surface area contributed by atoms with Crippen LogP contribution in [0.15, 0.2) is 48.5 Å². The molecule has 0 aliphatic rings. The van der Waals surface area contributed by atoms with Crippen molar-refractivity contribution in [3.8, 4) is 0 Å². The molecule has 2 rings (SSSR count). The van der Waals surface area contributed by atoms with Gasteiger partial charge in [-0.15, -0.1) is 0 Å². The summed E-state index contributed by atoms with van der Waals surface area (Å²) in [7, 11) is 0. The molecule has 0 aliphatic carbocycles. The first-order chi connectivity index (χ1) is 10.5. The lowest BCUT2D eigenvalue weighted by molar-refractivity contribution is -0.136. The van der Waals surface area contributed by atoms with Crippen LogP contribution in [0.3, 0.4) is 0 Å². The smallest absolute Gasteiger partial charge is 0.385 e. The zero-order valence-electron chi connectivity index (χ0n) is 11.8. The molecule has 2 nitrogen and oxygen atoms in total. The van der Waals surface area contributed by atoms with E-state index in [1.54, 1.807) is 18.2 Å². The molecule has 0 fully saturated rings. The molecule has 0 spiro atoms. The highest BCUT2D eigenvalue weighted by atomic mass is 35.5. The van der Waals surface area contributed by atoms with Gasteiger partial charge in [-0.3, -0.25) is 0 Å². The molecule has 0 unspecified atom stereocenters. The van der Waals surface area contributed by atoms with Crippen molar-refractivity contribution in [1.29, 1.82) is 0 Å². The van der Waals surface area contributed by atoms with Gasteiger partial charge in [-0.25, -0.2) is 0 Å². The number of hydrogen-bond acceptors (Lipinski definition) is 2. The van der Waals surface area contributed by atoms with Crippen molar-refractivity contribution in [3.05, 3.63) is 59.1 Å². The number of hydrogen-bond donors (Lipinski definition) is 2. The van der Waals surface area contributed by atoms with Crippen molar-refractivity contribution in [2.45, 2.75) is 12.6 Å². The van der Waals surface area contributed by atoms with Crippen LogP contribution in [0.5, 0.6) is 0 Å². The van der Waals surface area contributed by atoms with Crippen LogP contribution in [-0.4, -0.2) is 13.1 Å². The Morgan fingerprint density at radius 3 is 2.36 bits per heavy atom. The van der Waals surface area contributed by atoms with Gasteiger partial charge >= 0.3 is 6.18 Å². The third kappa shape index (κ3) is 4.84. The topological polar surface area (TPSA) is 24.1 Å². The quantitative estimate of drug-likeness (QED) is 0.706. The van der Waals surface area contributed by atoms with Gasteiger partial charge in [-0.1, -0.05) is 29.8 Å². The normalized spacial score (nSPS) is 11.3. The molecule has 0 bridgehead atoms. The van der Waals surface area contributed by atoms with Gasteiger partial charge in [0.05, 0.1) is 5.56 Å². The zero-order chi connectivity index (χ0) is 16.0. The summed E-state index contributed by atoms with van der Waals surface area (Å²) in [6.45, 7) is 1.09. The molecule has 0 saturated heterocycles. The molecule has 0 aliphatic heterocycles. The molecule has 118 valence electrons. The maximum atomic E-state index is 12.8. The fourth-order valence-electron chi connectivity index (χ4n) is 2.03. The zero-order valence-corrected chi connectivity index (χ0v) is 12.5. The van der Waals surface area contributed by atoms with E-state index in [4.69, 9.17) is 11.6 Å². The van der Waals surface area contributed by atoms with Gasteiger partial charge in [-0.05, 0) is 36.8 Å². The Morgan fingerprint density at radius 2 is 1.64 bits per heavy atom. The van der Waals surface area contributed by atoms with E-state index in [9.17, 15) is 13.2 Å². The Kier molecular flexibility index (Phi) is 5.55.